The quantitative estimate of drug-likeness (QED) is 0.648. The summed E-state index contributed by atoms with van der Waals surface area (Å²) in [6.07, 6.45) is 9.11. The summed E-state index contributed by atoms with van der Waals surface area (Å²) in [5.41, 5.74) is 2.21. The van der Waals surface area contributed by atoms with Gasteiger partial charge in [-0.15, -0.1) is 0 Å². The summed E-state index contributed by atoms with van der Waals surface area (Å²) in [4.78, 5) is 8.43. The maximum Gasteiger partial charge on any atom is 0.165 e. The second-order valence-corrected chi connectivity index (χ2v) is 5.45. The number of unbranched alkanes of at least 4 members (excludes halogenated alkanes) is 4. The Kier molecular flexibility index (Phi) is 6.31. The van der Waals surface area contributed by atoms with Gasteiger partial charge >= 0.3 is 0 Å². The molecule has 0 saturated carbocycles. The Balaban J connectivity index is 1.91. The lowest BCUT2D eigenvalue weighted by Crippen LogP contribution is -1.99. The lowest BCUT2D eigenvalue weighted by atomic mass is 10.1. The fourth-order valence-corrected chi connectivity index (χ4v) is 2.21. The second-order valence-electron chi connectivity index (χ2n) is 5.45. The molecule has 0 aliphatic carbocycles. The Hall–Kier alpha value is -1.97. The third kappa shape index (κ3) is 4.79. The maximum atomic E-state index is 14.1. The molecule has 3 nitrogen and oxygen atoms in total. The maximum absolute atomic E-state index is 14.1. The summed E-state index contributed by atoms with van der Waals surface area (Å²) < 4.78 is 19.6. The topological polar surface area (TPSA) is 35.0 Å². The van der Waals surface area contributed by atoms with Crippen LogP contribution < -0.4 is 4.74 Å². The number of aryl methyl sites for hydroxylation is 1. The van der Waals surface area contributed by atoms with Gasteiger partial charge in [0.25, 0.3) is 0 Å². The van der Waals surface area contributed by atoms with E-state index in [2.05, 4.69) is 16.9 Å². The molecule has 2 rings (SSSR count). The SMILES string of the molecule is CCCCCCCOc1ccc(-c2cnc(C)cn2)cc1F. The minimum atomic E-state index is -0.353. The minimum Gasteiger partial charge on any atom is -0.491 e. The van der Waals surface area contributed by atoms with E-state index >= 15 is 0 Å². The van der Waals surface area contributed by atoms with Crippen molar-refractivity contribution in [1.82, 2.24) is 9.97 Å². The fourth-order valence-electron chi connectivity index (χ4n) is 2.21. The molecule has 22 heavy (non-hydrogen) atoms. The third-order valence-corrected chi connectivity index (χ3v) is 3.51. The van der Waals surface area contributed by atoms with E-state index in [1.807, 2.05) is 13.0 Å². The molecule has 0 spiro atoms. The van der Waals surface area contributed by atoms with E-state index in [1.54, 1.807) is 18.5 Å². The standard InChI is InChI=1S/C18H23FN2O/c1-3-4-5-6-7-10-22-18-9-8-15(11-16(18)19)17-13-20-14(2)12-21-17/h8-9,11-13H,3-7,10H2,1-2H3. The number of ether oxygens (including phenoxy) is 1. The van der Waals surface area contributed by atoms with Crippen LogP contribution in [0, 0.1) is 12.7 Å². The predicted octanol–water partition coefficient (Wildman–Crippen LogP) is 4.94. The molecule has 118 valence electrons. The minimum absolute atomic E-state index is 0.305. The average molecular weight is 302 g/mol. The molecule has 4 heteroatoms. The van der Waals surface area contributed by atoms with Crippen LogP contribution in [0.4, 0.5) is 4.39 Å². The van der Waals surface area contributed by atoms with E-state index < -0.39 is 0 Å². The molecule has 0 fully saturated rings. The van der Waals surface area contributed by atoms with Crippen LogP contribution in [0.3, 0.4) is 0 Å². The predicted molar refractivity (Wildman–Crippen MR) is 86.4 cm³/mol. The zero-order valence-corrected chi connectivity index (χ0v) is 13.3. The van der Waals surface area contributed by atoms with Crippen LogP contribution in [0.1, 0.15) is 44.7 Å². The fraction of sp³-hybridized carbons (Fsp3) is 0.444. The highest BCUT2D eigenvalue weighted by Gasteiger charge is 2.07. The van der Waals surface area contributed by atoms with Crippen molar-refractivity contribution in [2.45, 2.75) is 46.0 Å². The molecule has 0 aliphatic rings. The van der Waals surface area contributed by atoms with Crippen molar-refractivity contribution in [2.75, 3.05) is 6.61 Å². The first-order valence-electron chi connectivity index (χ1n) is 7.92. The Morgan fingerprint density at radius 2 is 1.86 bits per heavy atom. The molecule has 0 bridgehead atoms. The summed E-state index contributed by atoms with van der Waals surface area (Å²) in [6.45, 7) is 4.62. The molecule has 0 N–H and O–H groups in total. The van der Waals surface area contributed by atoms with Crippen LogP contribution >= 0.6 is 0 Å². The van der Waals surface area contributed by atoms with Gasteiger partial charge in [-0.2, -0.15) is 0 Å². The van der Waals surface area contributed by atoms with Gasteiger partial charge in [0.2, 0.25) is 0 Å². The first-order valence-corrected chi connectivity index (χ1v) is 7.92. The van der Waals surface area contributed by atoms with E-state index in [0.717, 1.165) is 18.5 Å². The number of hydrogen-bond acceptors (Lipinski definition) is 3. The molecule has 0 atom stereocenters. The van der Waals surface area contributed by atoms with Gasteiger partial charge in [-0.05, 0) is 31.5 Å². The van der Waals surface area contributed by atoms with Crippen LogP contribution in [0.2, 0.25) is 0 Å². The Bertz CT molecular complexity index is 584. The zero-order chi connectivity index (χ0) is 15.8. The molecular formula is C18H23FN2O. The summed E-state index contributed by atoms with van der Waals surface area (Å²) in [7, 11) is 0. The van der Waals surface area contributed by atoms with Gasteiger partial charge in [0.1, 0.15) is 0 Å². The zero-order valence-electron chi connectivity index (χ0n) is 13.3. The van der Waals surface area contributed by atoms with E-state index in [1.165, 1.54) is 25.3 Å². The Morgan fingerprint density at radius 1 is 1.05 bits per heavy atom. The van der Waals surface area contributed by atoms with E-state index in [4.69, 9.17) is 4.74 Å². The van der Waals surface area contributed by atoms with E-state index in [0.29, 0.717) is 23.6 Å². The largest absolute Gasteiger partial charge is 0.491 e. The first-order chi connectivity index (χ1) is 10.7. The summed E-state index contributed by atoms with van der Waals surface area (Å²) in [5.74, 6) is -0.0484. The van der Waals surface area contributed by atoms with Gasteiger partial charge in [0.05, 0.1) is 24.2 Å². The van der Waals surface area contributed by atoms with E-state index in [9.17, 15) is 4.39 Å². The first kappa shape index (κ1) is 16.4. The number of benzene rings is 1. The van der Waals surface area contributed by atoms with Crippen LogP contribution in [0.25, 0.3) is 11.3 Å². The van der Waals surface area contributed by atoms with Crippen molar-refractivity contribution in [3.8, 4) is 17.0 Å². The van der Waals surface area contributed by atoms with Crippen molar-refractivity contribution in [3.63, 3.8) is 0 Å². The highest BCUT2D eigenvalue weighted by molar-refractivity contribution is 5.59. The summed E-state index contributed by atoms with van der Waals surface area (Å²) in [6, 6.07) is 4.93. The van der Waals surface area contributed by atoms with Crippen molar-refractivity contribution in [2.24, 2.45) is 0 Å². The molecule has 0 radical (unpaired) electrons. The third-order valence-electron chi connectivity index (χ3n) is 3.51. The number of rotatable bonds is 8. The highest BCUT2D eigenvalue weighted by atomic mass is 19.1. The van der Waals surface area contributed by atoms with Gasteiger partial charge in [0, 0.05) is 11.8 Å². The van der Waals surface area contributed by atoms with Gasteiger partial charge in [-0.3, -0.25) is 9.97 Å². The smallest absolute Gasteiger partial charge is 0.165 e. The molecular weight excluding hydrogens is 279 g/mol. The second kappa shape index (κ2) is 8.47. The monoisotopic (exact) mass is 302 g/mol. The number of aromatic nitrogens is 2. The average Bonchev–Trinajstić information content (AvgIpc) is 2.53. The van der Waals surface area contributed by atoms with Gasteiger partial charge in [0.15, 0.2) is 11.6 Å². The lowest BCUT2D eigenvalue weighted by Gasteiger charge is -2.08. The highest BCUT2D eigenvalue weighted by Crippen LogP contribution is 2.24. The molecule has 0 aliphatic heterocycles. The molecule has 1 heterocycles. The number of halogens is 1. The lowest BCUT2D eigenvalue weighted by molar-refractivity contribution is 0.290. The Morgan fingerprint density at radius 3 is 2.55 bits per heavy atom. The van der Waals surface area contributed by atoms with Crippen LogP contribution in [-0.2, 0) is 0 Å². The molecule has 1 aromatic carbocycles. The molecule has 0 amide bonds. The van der Waals surface area contributed by atoms with Crippen molar-refractivity contribution in [3.05, 3.63) is 42.1 Å². The number of hydrogen-bond donors (Lipinski definition) is 0. The van der Waals surface area contributed by atoms with Crippen molar-refractivity contribution < 1.29 is 9.13 Å². The molecule has 2 aromatic rings. The molecule has 1 aromatic heterocycles. The van der Waals surface area contributed by atoms with Gasteiger partial charge in [-0.1, -0.05) is 32.6 Å². The molecule has 0 unspecified atom stereocenters. The normalized spacial score (nSPS) is 10.7. The van der Waals surface area contributed by atoms with E-state index in [-0.39, 0.29) is 5.82 Å². The van der Waals surface area contributed by atoms with Gasteiger partial charge < -0.3 is 4.74 Å². The van der Waals surface area contributed by atoms with Crippen molar-refractivity contribution >= 4 is 0 Å². The summed E-state index contributed by atoms with van der Waals surface area (Å²) in [5, 5.41) is 0. The summed E-state index contributed by atoms with van der Waals surface area (Å²) >= 11 is 0. The van der Waals surface area contributed by atoms with Crippen LogP contribution in [-0.4, -0.2) is 16.6 Å². The van der Waals surface area contributed by atoms with Crippen LogP contribution in [0.15, 0.2) is 30.6 Å². The van der Waals surface area contributed by atoms with Crippen molar-refractivity contribution in [1.29, 1.82) is 0 Å². The number of nitrogens with zero attached hydrogens (tertiary/aromatic N) is 2. The Labute approximate surface area is 131 Å². The van der Waals surface area contributed by atoms with Crippen LogP contribution in [0.5, 0.6) is 5.75 Å². The molecule has 0 saturated heterocycles. The van der Waals surface area contributed by atoms with Gasteiger partial charge in [-0.25, -0.2) is 4.39 Å².